The zero-order chi connectivity index (χ0) is 16.3. The fraction of sp³-hybridized carbons (Fsp3) is 0.143. The monoisotopic (exact) mass is 318 g/mol. The van der Waals surface area contributed by atoms with Gasteiger partial charge in [-0.15, -0.1) is 0 Å². The molecule has 3 rings (SSSR count). The summed E-state index contributed by atoms with van der Waals surface area (Å²) in [4.78, 5) is 0. The molecule has 0 saturated carbocycles. The first-order valence-corrected chi connectivity index (χ1v) is 11.5. The highest BCUT2D eigenvalue weighted by atomic mass is 28.3. The van der Waals surface area contributed by atoms with Crippen molar-refractivity contribution in [2.75, 3.05) is 0 Å². The average molecular weight is 318 g/mol. The Morgan fingerprint density at radius 1 is 0.652 bits per heavy atom. The molecular weight excluding hydrogens is 296 g/mol. The molecule has 3 aromatic carbocycles. The van der Waals surface area contributed by atoms with E-state index < -0.39 is 8.07 Å². The minimum Gasteiger partial charge on any atom is -0.457 e. The first-order valence-electron chi connectivity index (χ1n) is 7.97. The van der Waals surface area contributed by atoms with E-state index in [9.17, 15) is 0 Å². The van der Waals surface area contributed by atoms with Crippen LogP contribution in [0.15, 0.2) is 78.9 Å². The van der Waals surface area contributed by atoms with Gasteiger partial charge >= 0.3 is 0 Å². The number of para-hydroxylation sites is 1. The Hall–Kier alpha value is -2.32. The molecule has 0 aliphatic heterocycles. The first-order chi connectivity index (χ1) is 11.1. The lowest BCUT2D eigenvalue weighted by molar-refractivity contribution is 0.486. The van der Waals surface area contributed by atoms with Crippen molar-refractivity contribution in [1.29, 1.82) is 0 Å². The molecule has 0 N–H and O–H groups in total. The summed E-state index contributed by atoms with van der Waals surface area (Å²) in [6.07, 6.45) is 0. The van der Waals surface area contributed by atoms with Gasteiger partial charge < -0.3 is 4.74 Å². The third kappa shape index (κ3) is 3.54. The number of benzene rings is 3. The maximum Gasteiger partial charge on any atom is 0.127 e. The van der Waals surface area contributed by atoms with E-state index in [0.717, 1.165) is 11.5 Å². The molecule has 3 aromatic rings. The highest BCUT2D eigenvalue weighted by molar-refractivity contribution is 6.90. The van der Waals surface area contributed by atoms with Gasteiger partial charge in [-0.25, -0.2) is 0 Å². The van der Waals surface area contributed by atoms with Crippen molar-refractivity contribution >= 4 is 13.3 Å². The molecular formula is C21H22OSi. The minimum atomic E-state index is -1.58. The van der Waals surface area contributed by atoms with Gasteiger partial charge in [0.25, 0.3) is 0 Å². The Balaban J connectivity index is 2.13. The Bertz CT molecular complexity index is 774. The van der Waals surface area contributed by atoms with Crippen LogP contribution in [-0.4, -0.2) is 8.07 Å². The van der Waals surface area contributed by atoms with E-state index in [4.69, 9.17) is 4.74 Å². The number of ether oxygens (including phenoxy) is 1. The van der Waals surface area contributed by atoms with Crippen molar-refractivity contribution < 1.29 is 4.74 Å². The van der Waals surface area contributed by atoms with E-state index in [2.05, 4.69) is 68.2 Å². The van der Waals surface area contributed by atoms with Gasteiger partial charge in [0.2, 0.25) is 0 Å². The first kappa shape index (κ1) is 15.6. The molecule has 0 saturated heterocycles. The van der Waals surface area contributed by atoms with Gasteiger partial charge in [-0.2, -0.15) is 0 Å². The molecule has 2 heteroatoms. The third-order valence-electron chi connectivity index (χ3n) is 3.83. The molecule has 0 fully saturated rings. The summed E-state index contributed by atoms with van der Waals surface area (Å²) in [5.41, 5.74) is 2.54. The lowest BCUT2D eigenvalue weighted by atomic mass is 10.1. The van der Waals surface area contributed by atoms with E-state index >= 15 is 0 Å². The van der Waals surface area contributed by atoms with Crippen LogP contribution in [0.5, 0.6) is 11.5 Å². The second kappa shape index (κ2) is 6.43. The predicted molar refractivity (Wildman–Crippen MR) is 101 cm³/mol. The Morgan fingerprint density at radius 2 is 1.26 bits per heavy atom. The summed E-state index contributed by atoms with van der Waals surface area (Å²) in [5, 5.41) is 1.37. The highest BCUT2D eigenvalue weighted by Crippen LogP contribution is 2.28. The molecule has 0 amide bonds. The Kier molecular flexibility index (Phi) is 4.35. The largest absolute Gasteiger partial charge is 0.457 e. The average Bonchev–Trinajstić information content (AvgIpc) is 2.55. The van der Waals surface area contributed by atoms with Gasteiger partial charge in [-0.1, -0.05) is 80.3 Å². The van der Waals surface area contributed by atoms with Crippen molar-refractivity contribution in [2.45, 2.75) is 19.6 Å². The van der Waals surface area contributed by atoms with Crippen molar-refractivity contribution in [1.82, 2.24) is 0 Å². The molecule has 0 radical (unpaired) electrons. The Labute approximate surface area is 139 Å². The molecule has 0 aliphatic rings. The molecule has 0 heterocycles. The normalized spacial score (nSPS) is 11.3. The van der Waals surface area contributed by atoms with Gasteiger partial charge in [-0.05, 0) is 34.5 Å². The quantitative estimate of drug-likeness (QED) is 0.561. The van der Waals surface area contributed by atoms with Crippen LogP contribution in [0.4, 0.5) is 0 Å². The topological polar surface area (TPSA) is 9.23 Å². The lowest BCUT2D eigenvalue weighted by Gasteiger charge is -2.25. The fourth-order valence-electron chi connectivity index (χ4n) is 2.86. The summed E-state index contributed by atoms with van der Waals surface area (Å²) < 4.78 is 6.23. The molecule has 0 bridgehead atoms. The summed E-state index contributed by atoms with van der Waals surface area (Å²) in [7, 11) is -1.58. The second-order valence-corrected chi connectivity index (χ2v) is 11.7. The van der Waals surface area contributed by atoms with E-state index in [1.54, 1.807) is 0 Å². The molecule has 1 nitrogen and oxygen atoms in total. The minimum absolute atomic E-state index is 0.886. The van der Waals surface area contributed by atoms with E-state index in [1.807, 2.05) is 30.3 Å². The maximum atomic E-state index is 6.23. The van der Waals surface area contributed by atoms with Crippen LogP contribution in [-0.2, 0) is 0 Å². The van der Waals surface area contributed by atoms with Crippen molar-refractivity contribution in [2.24, 2.45) is 0 Å². The van der Waals surface area contributed by atoms with Crippen molar-refractivity contribution in [3.63, 3.8) is 0 Å². The van der Waals surface area contributed by atoms with Gasteiger partial charge in [0, 0.05) is 0 Å². The predicted octanol–water partition coefficient (Wildman–Crippen LogP) is 5.69. The molecule has 0 atom stereocenters. The SMILES string of the molecule is C[Si](C)(C)c1c(Oc2ccccc2)cccc1-c1ccccc1. The van der Waals surface area contributed by atoms with Crippen LogP contribution in [0.1, 0.15) is 0 Å². The number of rotatable bonds is 4. The summed E-state index contributed by atoms with van der Waals surface area (Å²) >= 11 is 0. The van der Waals surface area contributed by atoms with Crippen LogP contribution in [0.2, 0.25) is 19.6 Å². The van der Waals surface area contributed by atoms with Crippen LogP contribution in [0.25, 0.3) is 11.1 Å². The molecule has 0 unspecified atom stereocenters. The molecule has 0 spiro atoms. The standard InChI is InChI=1S/C21H22OSi/c1-23(2,3)21-19(17-11-6-4-7-12-17)15-10-16-20(21)22-18-13-8-5-9-14-18/h4-16H,1-3H3. The fourth-order valence-corrected chi connectivity index (χ4v) is 4.77. The van der Waals surface area contributed by atoms with E-state index in [0.29, 0.717) is 0 Å². The van der Waals surface area contributed by atoms with E-state index in [-0.39, 0.29) is 0 Å². The highest BCUT2D eigenvalue weighted by Gasteiger charge is 2.25. The van der Waals surface area contributed by atoms with Gasteiger partial charge in [0.15, 0.2) is 0 Å². The summed E-state index contributed by atoms with van der Waals surface area (Å²) in [6, 6.07) is 27.0. The second-order valence-electron chi connectivity index (χ2n) is 6.71. The zero-order valence-electron chi connectivity index (χ0n) is 13.9. The van der Waals surface area contributed by atoms with Crippen LogP contribution >= 0.6 is 0 Å². The van der Waals surface area contributed by atoms with Crippen LogP contribution in [0, 0.1) is 0 Å². The third-order valence-corrected chi connectivity index (χ3v) is 5.85. The number of hydrogen-bond acceptors (Lipinski definition) is 1. The summed E-state index contributed by atoms with van der Waals surface area (Å²) in [5.74, 6) is 1.87. The van der Waals surface area contributed by atoms with E-state index in [1.165, 1.54) is 16.3 Å². The van der Waals surface area contributed by atoms with Gasteiger partial charge in [0.05, 0.1) is 8.07 Å². The Morgan fingerprint density at radius 3 is 1.87 bits per heavy atom. The molecule has 0 aliphatic carbocycles. The molecule has 116 valence electrons. The van der Waals surface area contributed by atoms with Gasteiger partial charge in [-0.3, -0.25) is 0 Å². The molecule has 0 aromatic heterocycles. The summed E-state index contributed by atoms with van der Waals surface area (Å²) in [6.45, 7) is 7.10. The van der Waals surface area contributed by atoms with Gasteiger partial charge in [0.1, 0.15) is 11.5 Å². The lowest BCUT2D eigenvalue weighted by Crippen LogP contribution is -2.39. The van der Waals surface area contributed by atoms with Crippen LogP contribution in [0.3, 0.4) is 0 Å². The molecule has 23 heavy (non-hydrogen) atoms. The van der Waals surface area contributed by atoms with Crippen molar-refractivity contribution in [3.8, 4) is 22.6 Å². The van der Waals surface area contributed by atoms with Crippen molar-refractivity contribution in [3.05, 3.63) is 78.9 Å². The smallest absolute Gasteiger partial charge is 0.127 e. The zero-order valence-corrected chi connectivity index (χ0v) is 14.9. The number of hydrogen-bond donors (Lipinski definition) is 0. The maximum absolute atomic E-state index is 6.23. The van der Waals surface area contributed by atoms with Crippen LogP contribution < -0.4 is 9.92 Å².